The molecule has 0 heterocycles. The topological polar surface area (TPSA) is 125 Å². The van der Waals surface area contributed by atoms with Crippen LogP contribution in [0, 0.1) is 52.3 Å². The number of primary amides is 1. The van der Waals surface area contributed by atoms with Gasteiger partial charge < -0.3 is 21.0 Å². The van der Waals surface area contributed by atoms with Crippen molar-refractivity contribution in [1.82, 2.24) is 5.32 Å². The molecule has 10 atom stereocenters. The summed E-state index contributed by atoms with van der Waals surface area (Å²) < 4.78 is 5.42. The number of allylic oxidation sites excluding steroid dienone is 2. The molecule has 4 unspecified atom stereocenters. The molecule has 5 N–H and O–H groups in total. The largest absolute Gasteiger partial charge is 0.391 e. The van der Waals surface area contributed by atoms with Gasteiger partial charge in [0, 0.05) is 12.2 Å². The minimum absolute atomic E-state index is 0.0424. The molecule has 3 saturated carbocycles. The Balaban J connectivity index is 1.29. The fraction of sp³-hybridized carbons (Fsp3) is 0.857. The molecule has 0 aromatic carbocycles. The van der Waals surface area contributed by atoms with Gasteiger partial charge in [0.2, 0.25) is 11.8 Å². The molecular formula is C35H59N3O4S2. The number of thiol groups is 1. The van der Waals surface area contributed by atoms with E-state index in [2.05, 4.69) is 58.6 Å². The van der Waals surface area contributed by atoms with Crippen LogP contribution in [0.3, 0.4) is 0 Å². The van der Waals surface area contributed by atoms with Crippen LogP contribution >= 0.6 is 24.7 Å². The molecule has 44 heavy (non-hydrogen) atoms. The van der Waals surface area contributed by atoms with Crippen LogP contribution in [0.5, 0.6) is 0 Å². The molecular weight excluding hydrogens is 591 g/mol. The molecule has 3 fully saturated rings. The van der Waals surface area contributed by atoms with Crippen LogP contribution in [0.4, 0.5) is 0 Å². The van der Waals surface area contributed by atoms with Gasteiger partial charge in [-0.2, -0.15) is 12.6 Å². The Morgan fingerprint density at radius 1 is 1.09 bits per heavy atom. The number of nitrogens with one attached hydrogen (secondary N) is 1. The molecule has 7 nitrogen and oxygen atoms in total. The first kappa shape index (κ1) is 35.7. The summed E-state index contributed by atoms with van der Waals surface area (Å²) in [6.07, 6.45) is 17.0. The third-order valence-electron chi connectivity index (χ3n) is 12.4. The van der Waals surface area contributed by atoms with Crippen LogP contribution in [-0.4, -0.2) is 41.4 Å². The summed E-state index contributed by atoms with van der Waals surface area (Å²) in [7, 11) is 0. The van der Waals surface area contributed by atoms with E-state index in [1.54, 1.807) is 5.57 Å². The number of amides is 2. The first-order valence-corrected chi connectivity index (χ1v) is 18.8. The number of hydrogen-bond acceptors (Lipinski definition) is 7. The highest BCUT2D eigenvalue weighted by Gasteiger charge is 2.59. The average Bonchev–Trinajstić information content (AvgIpc) is 3.33. The Morgan fingerprint density at radius 3 is 2.52 bits per heavy atom. The summed E-state index contributed by atoms with van der Waals surface area (Å²) in [5.41, 5.74) is 13.4. The van der Waals surface area contributed by atoms with Crippen molar-refractivity contribution in [3.8, 4) is 0 Å². The van der Waals surface area contributed by atoms with E-state index in [-0.39, 0.29) is 28.8 Å². The molecule has 0 saturated heterocycles. The van der Waals surface area contributed by atoms with E-state index in [4.69, 9.17) is 15.7 Å². The predicted octanol–water partition coefficient (Wildman–Crippen LogP) is 6.45. The predicted molar refractivity (Wildman–Crippen MR) is 183 cm³/mol. The zero-order chi connectivity index (χ0) is 32.2. The molecule has 0 aromatic rings. The quantitative estimate of drug-likeness (QED) is 0.0974. The van der Waals surface area contributed by atoms with Gasteiger partial charge in [0.05, 0.1) is 23.8 Å². The molecule has 250 valence electrons. The van der Waals surface area contributed by atoms with Crippen LogP contribution in [0.2, 0.25) is 0 Å². The van der Waals surface area contributed by atoms with E-state index in [1.807, 2.05) is 0 Å². The third-order valence-corrected chi connectivity index (χ3v) is 13.6. The van der Waals surface area contributed by atoms with Crippen LogP contribution < -0.4 is 16.8 Å². The van der Waals surface area contributed by atoms with Crippen molar-refractivity contribution in [1.29, 1.82) is 0 Å². The number of fused-ring (bicyclic) bond motifs is 5. The Labute approximate surface area is 276 Å². The lowest BCUT2D eigenvalue weighted by molar-refractivity contribution is -0.134. The standard InChI is InChI=1S/C35H59N3O4S2/c1-21(2)7-6-8-22(3)26-11-12-27-25-10-9-24-17-23(13-15-34(24,4)28(25)14-16-35(26,27)5)18-31(39)42-44-20-30(32(37)40)38-33(41)29(36)19-43/h9,21-23,25-30,43H,6-8,10-20,36H2,1-5H3,(H2,37,40)(H,38,41)/t22-,23?,25?,26-,27?,28?,29+,30+,34+,35-/m1/s1. The van der Waals surface area contributed by atoms with Crippen LogP contribution in [0.25, 0.3) is 0 Å². The van der Waals surface area contributed by atoms with Crippen molar-refractivity contribution in [2.75, 3.05) is 11.5 Å². The highest BCUT2D eigenvalue weighted by Crippen LogP contribution is 2.67. The first-order valence-electron chi connectivity index (χ1n) is 17.3. The molecule has 4 rings (SSSR count). The van der Waals surface area contributed by atoms with Crippen molar-refractivity contribution in [2.24, 2.45) is 63.7 Å². The number of carbonyl (C=O) groups excluding carboxylic acids is 3. The molecule has 4 aliphatic carbocycles. The third kappa shape index (κ3) is 7.84. The van der Waals surface area contributed by atoms with Crippen molar-refractivity contribution in [3.05, 3.63) is 11.6 Å². The smallest absolute Gasteiger partial charge is 0.318 e. The lowest BCUT2D eigenvalue weighted by atomic mass is 9.46. The molecule has 0 aliphatic heterocycles. The minimum Gasteiger partial charge on any atom is -0.391 e. The van der Waals surface area contributed by atoms with E-state index in [9.17, 15) is 14.4 Å². The average molecular weight is 650 g/mol. The Bertz CT molecular complexity index is 1070. The number of nitrogens with two attached hydrogens (primary N) is 2. The Hall–Kier alpha value is -1.19. The summed E-state index contributed by atoms with van der Waals surface area (Å²) >= 11 is 4.87. The van der Waals surface area contributed by atoms with Gasteiger partial charge in [-0.25, -0.2) is 0 Å². The number of carbonyl (C=O) groups is 3. The van der Waals surface area contributed by atoms with E-state index < -0.39 is 23.9 Å². The number of hydrogen-bond donors (Lipinski definition) is 4. The van der Waals surface area contributed by atoms with Crippen LogP contribution in [0.15, 0.2) is 11.6 Å². The summed E-state index contributed by atoms with van der Waals surface area (Å²) in [5, 5.41) is 2.51. The summed E-state index contributed by atoms with van der Waals surface area (Å²) in [4.78, 5) is 36.6. The molecule has 0 aromatic heterocycles. The fourth-order valence-corrected chi connectivity index (χ4v) is 10.7. The highest BCUT2D eigenvalue weighted by atomic mass is 32.2. The van der Waals surface area contributed by atoms with Crippen LogP contribution in [-0.2, 0) is 18.6 Å². The molecule has 2 amide bonds. The molecule has 9 heteroatoms. The maximum Gasteiger partial charge on any atom is 0.318 e. The van der Waals surface area contributed by atoms with Gasteiger partial charge in [-0.3, -0.25) is 14.4 Å². The van der Waals surface area contributed by atoms with Gasteiger partial charge in [-0.15, -0.1) is 0 Å². The maximum absolute atomic E-state index is 12.8. The van der Waals surface area contributed by atoms with Crippen molar-refractivity contribution in [2.45, 2.75) is 124 Å². The van der Waals surface area contributed by atoms with E-state index >= 15 is 0 Å². The van der Waals surface area contributed by atoms with Gasteiger partial charge in [-0.1, -0.05) is 65.5 Å². The van der Waals surface area contributed by atoms with Crippen LogP contribution in [0.1, 0.15) is 112 Å². The second kappa shape index (κ2) is 15.1. The molecule has 4 aliphatic rings. The van der Waals surface area contributed by atoms with E-state index in [0.29, 0.717) is 11.8 Å². The van der Waals surface area contributed by atoms with E-state index in [1.165, 1.54) is 51.4 Å². The van der Waals surface area contributed by atoms with Gasteiger partial charge in [-0.05, 0) is 104 Å². The summed E-state index contributed by atoms with van der Waals surface area (Å²) in [5.74, 6) is 3.89. The normalized spacial score (nSPS) is 35.0. The zero-order valence-electron chi connectivity index (χ0n) is 27.8. The summed E-state index contributed by atoms with van der Waals surface area (Å²) in [6, 6.07) is -1.81. The monoisotopic (exact) mass is 649 g/mol. The molecule has 0 spiro atoms. The summed E-state index contributed by atoms with van der Waals surface area (Å²) in [6.45, 7) is 12.4. The fourth-order valence-electron chi connectivity index (χ4n) is 9.93. The SMILES string of the molecule is CC(C)CCC[C@@H](C)[C@H]1CCC2C3CC=C4CC(CC(=O)OSC[C@H](NC(=O)[C@@H](N)CS)C(N)=O)CC[C@]4(C)C3CC[C@@]21C. The zero-order valence-corrected chi connectivity index (χ0v) is 29.5. The molecule has 0 radical (unpaired) electrons. The van der Waals surface area contributed by atoms with Gasteiger partial charge in [0.15, 0.2) is 0 Å². The second-order valence-electron chi connectivity index (χ2n) is 15.6. The van der Waals surface area contributed by atoms with E-state index in [0.717, 1.165) is 66.8 Å². The van der Waals surface area contributed by atoms with Crippen molar-refractivity contribution < 1.29 is 18.6 Å². The van der Waals surface area contributed by atoms with Gasteiger partial charge >= 0.3 is 5.97 Å². The molecule has 0 bridgehead atoms. The van der Waals surface area contributed by atoms with Crippen molar-refractivity contribution in [3.63, 3.8) is 0 Å². The minimum atomic E-state index is -0.970. The lowest BCUT2D eigenvalue weighted by Gasteiger charge is -2.58. The number of rotatable bonds is 14. The van der Waals surface area contributed by atoms with Gasteiger partial charge in [0.1, 0.15) is 6.04 Å². The van der Waals surface area contributed by atoms with Gasteiger partial charge in [0.25, 0.3) is 0 Å². The Morgan fingerprint density at radius 2 is 1.84 bits per heavy atom. The Kier molecular flexibility index (Phi) is 12.3. The second-order valence-corrected chi connectivity index (χ2v) is 16.7. The maximum atomic E-state index is 12.8. The first-order chi connectivity index (χ1) is 20.8. The highest BCUT2D eigenvalue weighted by molar-refractivity contribution is 7.95. The lowest BCUT2D eigenvalue weighted by Crippen LogP contribution is -2.52. The van der Waals surface area contributed by atoms with Crippen molar-refractivity contribution >= 4 is 42.5 Å².